The standard InChI is InChI=1S/C70H94N12O27/c1-3-36(34-12-8-5-9-13-34)47-63(99)76-37(20-31-14-17-35(18-15-31)105-67-59(96)56(93)60(44(27-85)107-67)109-68-58(95)55(92)53(90)45(108-68)30-103-28-33-16-19-41(102-2)42(21-33)104-29-32-10-6-4-7-11-32)62(98)80-48(50(87)38-22-74-69(71)78-38)65(101)81-49(64(100)77-39(25-83)61(97)73-24-46(86)79-47)51(88)40-23-75-70(72)82(40)66-57(94)54(91)52(89)43(26-84)106-66/h4-19,21,36-40,43-45,47-60,66-68,83-85,87-96H,3,20,22-30H2,1-2H3,(H2,72,75)(H,73,97)(H,76,99)(H,77,100)(H,79,86)(H,80,98)(H,81,101)(H3,71,74,78). The number of nitrogens with one attached hydrogen (secondary N) is 7. The molecule has 24 N–H and O–H groups in total. The van der Waals surface area contributed by atoms with Crippen LogP contribution in [0.2, 0.25) is 0 Å². The maximum absolute atomic E-state index is 15.3. The Morgan fingerprint density at radius 3 is 1.83 bits per heavy atom. The first kappa shape index (κ1) is 82.4. The van der Waals surface area contributed by atoms with E-state index in [0.29, 0.717) is 22.6 Å². The van der Waals surface area contributed by atoms with Crippen LogP contribution in [0, 0.1) is 0 Å². The fourth-order valence-corrected chi connectivity index (χ4v) is 13.5. The summed E-state index contributed by atoms with van der Waals surface area (Å²) in [5.74, 6) is -8.06. The van der Waals surface area contributed by atoms with Crippen LogP contribution in [-0.2, 0) is 72.1 Å². The molecular weight excluding hydrogens is 1440 g/mol. The van der Waals surface area contributed by atoms with E-state index >= 15 is 14.4 Å². The number of nitrogens with zero attached hydrogens (tertiary/aromatic N) is 3. The zero-order valence-electron chi connectivity index (χ0n) is 59.1. The summed E-state index contributed by atoms with van der Waals surface area (Å²) in [7, 11) is 1.49. The highest BCUT2D eigenvalue weighted by Gasteiger charge is 2.54. The van der Waals surface area contributed by atoms with Crippen molar-refractivity contribution < 1.29 is 133 Å². The first-order chi connectivity index (χ1) is 52.2. The van der Waals surface area contributed by atoms with Gasteiger partial charge in [0, 0.05) is 12.3 Å². The van der Waals surface area contributed by atoms with Gasteiger partial charge in [-0.25, -0.2) is 0 Å². The second kappa shape index (κ2) is 37.6. The molecule has 0 aromatic heterocycles. The van der Waals surface area contributed by atoms with Crippen LogP contribution in [0.5, 0.6) is 17.2 Å². The van der Waals surface area contributed by atoms with Gasteiger partial charge in [0.25, 0.3) is 0 Å². The average molecular weight is 1540 g/mol. The Morgan fingerprint density at radius 2 is 1.17 bits per heavy atom. The third-order valence-corrected chi connectivity index (χ3v) is 19.6. The van der Waals surface area contributed by atoms with E-state index in [1.165, 1.54) is 31.4 Å². The average Bonchev–Trinajstić information content (AvgIpc) is 1.74. The first-order valence-corrected chi connectivity index (χ1v) is 35.2. The third kappa shape index (κ3) is 19.6. The highest BCUT2D eigenvalue weighted by molar-refractivity contribution is 5.98. The Kier molecular flexibility index (Phi) is 28.4. The molecule has 6 aliphatic rings. The van der Waals surface area contributed by atoms with Gasteiger partial charge in [-0.3, -0.25) is 38.8 Å². The number of aliphatic imine (C=N–C) groups is 2. The van der Waals surface area contributed by atoms with Crippen molar-refractivity contribution in [3.8, 4) is 17.2 Å². The number of benzene rings is 4. The number of amides is 6. The van der Waals surface area contributed by atoms with Crippen LogP contribution in [0.3, 0.4) is 0 Å². The Morgan fingerprint density at radius 1 is 0.560 bits per heavy atom. The molecule has 10 rings (SSSR count). The van der Waals surface area contributed by atoms with E-state index in [9.17, 15) is 80.8 Å². The van der Waals surface area contributed by atoms with Crippen LogP contribution in [-0.4, -0.2) is 318 Å². The molecule has 39 nitrogen and oxygen atoms in total. The van der Waals surface area contributed by atoms with Gasteiger partial charge in [0.2, 0.25) is 41.7 Å². The molecule has 4 aromatic carbocycles. The molecule has 0 aliphatic carbocycles. The van der Waals surface area contributed by atoms with Crippen molar-refractivity contribution in [3.05, 3.63) is 125 Å². The predicted molar refractivity (Wildman–Crippen MR) is 374 cm³/mol. The molecule has 4 fully saturated rings. The van der Waals surface area contributed by atoms with Gasteiger partial charge in [-0.1, -0.05) is 85.8 Å². The lowest BCUT2D eigenvalue weighted by Crippen LogP contribution is -2.70. The van der Waals surface area contributed by atoms with Crippen molar-refractivity contribution in [2.75, 3.05) is 53.2 Å². The monoisotopic (exact) mass is 1530 g/mol. The van der Waals surface area contributed by atoms with E-state index in [4.69, 9.17) is 49.4 Å². The zero-order chi connectivity index (χ0) is 78.5. The summed E-state index contributed by atoms with van der Waals surface area (Å²) in [6, 6.07) is 15.5. The number of guanidine groups is 2. The Bertz CT molecular complexity index is 3780. The van der Waals surface area contributed by atoms with Gasteiger partial charge in [0.15, 0.2) is 35.9 Å². The molecule has 4 saturated heterocycles. The predicted octanol–water partition coefficient (Wildman–Crippen LogP) is -9.41. The Labute approximate surface area is 623 Å². The van der Waals surface area contributed by atoms with Gasteiger partial charge >= 0.3 is 0 Å². The summed E-state index contributed by atoms with van der Waals surface area (Å²) in [4.78, 5) is 97.3. The Hall–Kier alpha value is -9.08. The summed E-state index contributed by atoms with van der Waals surface area (Å²) in [5.41, 5.74) is 14.5. The highest BCUT2D eigenvalue weighted by Crippen LogP contribution is 2.34. The van der Waals surface area contributed by atoms with Gasteiger partial charge in [0.1, 0.15) is 128 Å². The van der Waals surface area contributed by atoms with E-state index in [0.717, 1.165) is 10.5 Å². The van der Waals surface area contributed by atoms with Gasteiger partial charge in [-0.05, 0) is 52.9 Å². The topological polar surface area (TPSA) is 603 Å². The number of ether oxygens (including phenoxy) is 8. The van der Waals surface area contributed by atoms with Crippen molar-refractivity contribution in [2.45, 2.75) is 185 Å². The minimum atomic E-state index is -2.36. The summed E-state index contributed by atoms with van der Waals surface area (Å²) in [6.45, 7) is -3.22. The van der Waals surface area contributed by atoms with Crippen LogP contribution < -0.4 is 62.9 Å². The molecule has 596 valence electrons. The molecule has 6 amide bonds. The van der Waals surface area contributed by atoms with E-state index in [1.54, 1.807) is 55.5 Å². The number of rotatable bonds is 25. The molecule has 0 radical (unpaired) electrons. The number of hydrogen-bond donors (Lipinski definition) is 22. The normalized spacial score (nSPS) is 33.2. The van der Waals surface area contributed by atoms with E-state index in [1.807, 2.05) is 30.3 Å². The summed E-state index contributed by atoms with van der Waals surface area (Å²) >= 11 is 0. The molecule has 39 heteroatoms. The van der Waals surface area contributed by atoms with Crippen molar-refractivity contribution in [2.24, 2.45) is 21.5 Å². The van der Waals surface area contributed by atoms with Gasteiger partial charge in [-0.15, -0.1) is 0 Å². The fraction of sp³-hybridized carbons (Fsp3) is 0.543. The smallest absolute Gasteiger partial charge is 0.246 e. The minimum absolute atomic E-state index is 0.0486. The molecule has 25 atom stereocenters. The fourth-order valence-electron chi connectivity index (χ4n) is 13.5. The molecule has 25 unspecified atom stereocenters. The second-order valence-corrected chi connectivity index (χ2v) is 26.9. The number of nitrogens with two attached hydrogens (primary N) is 2. The van der Waals surface area contributed by atoms with Crippen molar-refractivity contribution >= 4 is 47.4 Å². The lowest BCUT2D eigenvalue weighted by molar-refractivity contribution is -0.353. The quantitative estimate of drug-likeness (QED) is 0.0293. The molecule has 0 spiro atoms. The van der Waals surface area contributed by atoms with E-state index in [-0.39, 0.29) is 50.1 Å². The molecule has 109 heavy (non-hydrogen) atoms. The summed E-state index contributed by atoms with van der Waals surface area (Å²) in [5, 5.41) is 162. The maximum Gasteiger partial charge on any atom is 0.246 e. The van der Waals surface area contributed by atoms with Gasteiger partial charge in [0.05, 0.1) is 71.9 Å². The number of aliphatic hydroxyl groups is 13. The maximum atomic E-state index is 15.3. The molecule has 0 saturated carbocycles. The molecule has 4 aromatic rings. The Balaban J connectivity index is 0.882. The third-order valence-electron chi connectivity index (χ3n) is 19.6. The number of aliphatic hydroxyl groups excluding tert-OH is 13. The second-order valence-electron chi connectivity index (χ2n) is 26.9. The zero-order valence-corrected chi connectivity index (χ0v) is 59.1. The molecule has 6 aliphatic heterocycles. The number of carbonyl (C=O) groups excluding carboxylic acids is 6. The summed E-state index contributed by atoms with van der Waals surface area (Å²) in [6.07, 6.45) is -31.7. The lowest BCUT2D eigenvalue weighted by Gasteiger charge is -2.46. The SMILES string of the molecule is CCC(c1ccccc1)C1NC(=O)CNC(=O)C(CO)NC(=O)C(C(O)C2CN=C(N)N2C2OC(CO)C(O)C(O)C2O)NC(=O)C(C(O)C2CN=C(N)N2)NC(=O)C(Cc2ccc(OC3OC(CO)C(OC4OC(COCc5ccc(OC)c(OCc6ccccc6)c5)C(O)C(O)C4O)C(O)C3O)cc2)NC1=O. The van der Waals surface area contributed by atoms with Crippen LogP contribution in [0.1, 0.15) is 41.5 Å². The van der Waals surface area contributed by atoms with Crippen LogP contribution in [0.15, 0.2) is 113 Å². The largest absolute Gasteiger partial charge is 0.493 e. The van der Waals surface area contributed by atoms with E-state index < -0.39 is 233 Å². The van der Waals surface area contributed by atoms with E-state index in [2.05, 4.69) is 47.2 Å². The summed E-state index contributed by atoms with van der Waals surface area (Å²) < 4.78 is 46.8. The van der Waals surface area contributed by atoms with Crippen molar-refractivity contribution in [3.63, 3.8) is 0 Å². The molecular formula is C70H94N12O27. The van der Waals surface area contributed by atoms with Crippen LogP contribution in [0.4, 0.5) is 0 Å². The van der Waals surface area contributed by atoms with Crippen LogP contribution in [0.25, 0.3) is 0 Å². The highest BCUT2D eigenvalue weighted by atomic mass is 16.7. The van der Waals surface area contributed by atoms with Crippen molar-refractivity contribution in [1.82, 2.24) is 42.1 Å². The minimum Gasteiger partial charge on any atom is -0.493 e. The molecule has 6 heterocycles. The van der Waals surface area contributed by atoms with Crippen molar-refractivity contribution in [1.29, 1.82) is 0 Å². The first-order valence-electron chi connectivity index (χ1n) is 35.2. The number of carbonyl (C=O) groups is 6. The van der Waals surface area contributed by atoms with Gasteiger partial charge < -0.3 is 158 Å². The van der Waals surface area contributed by atoms with Crippen LogP contribution >= 0.6 is 0 Å². The number of methoxy groups -OCH3 is 1. The molecule has 0 bridgehead atoms. The van der Waals surface area contributed by atoms with Gasteiger partial charge in [-0.2, -0.15) is 0 Å². The lowest BCUT2D eigenvalue weighted by atomic mass is 9.88. The number of hydrogen-bond acceptors (Lipinski definition) is 33.